The third-order valence-corrected chi connectivity index (χ3v) is 5.44. The van der Waals surface area contributed by atoms with Crippen molar-refractivity contribution in [3.05, 3.63) is 39.7 Å². The number of hydrogen-bond acceptors (Lipinski definition) is 6. The number of ether oxygens (including phenoxy) is 1. The molecule has 0 aromatic carbocycles. The molecule has 0 aliphatic carbocycles. The lowest BCUT2D eigenvalue weighted by molar-refractivity contribution is -0.150. The molecule has 4 heterocycles. The number of rotatable bonds is 2. The van der Waals surface area contributed by atoms with E-state index in [2.05, 4.69) is 9.97 Å². The average molecular weight is 448 g/mol. The number of aromatic nitrogens is 3. The van der Waals surface area contributed by atoms with Crippen molar-refractivity contribution in [2.75, 3.05) is 29.6 Å². The first-order valence-corrected chi connectivity index (χ1v) is 9.68. The van der Waals surface area contributed by atoms with Crippen LogP contribution in [0.4, 0.5) is 35.0 Å². The normalized spacial score (nSPS) is 22.2. The van der Waals surface area contributed by atoms with Crippen LogP contribution in [-0.2, 0) is 11.3 Å². The van der Waals surface area contributed by atoms with Crippen LogP contribution in [0.15, 0.2) is 23.1 Å². The highest BCUT2D eigenvalue weighted by Gasteiger charge is 2.48. The SMILES string of the molecule is C[C@@H]1COCCN1c1nc2n(c(=O)c1F)CC[C@@H](C(F)(F)F)N2c1ccnc(Cl)c1. The first kappa shape index (κ1) is 20.9. The van der Waals surface area contributed by atoms with E-state index in [0.29, 0.717) is 6.61 Å². The van der Waals surface area contributed by atoms with Crippen LogP contribution in [0.3, 0.4) is 0 Å². The zero-order valence-corrected chi connectivity index (χ0v) is 16.6. The van der Waals surface area contributed by atoms with Crippen molar-refractivity contribution < 1.29 is 22.3 Å². The number of pyridine rings is 1. The highest BCUT2D eigenvalue weighted by molar-refractivity contribution is 6.29. The second-order valence-corrected chi connectivity index (χ2v) is 7.56. The zero-order valence-electron chi connectivity index (χ0n) is 15.9. The lowest BCUT2D eigenvalue weighted by atomic mass is 10.1. The molecule has 162 valence electrons. The molecule has 12 heteroatoms. The van der Waals surface area contributed by atoms with E-state index in [4.69, 9.17) is 16.3 Å². The molecule has 30 heavy (non-hydrogen) atoms. The molecule has 2 aromatic rings. The molecule has 0 radical (unpaired) electrons. The highest BCUT2D eigenvalue weighted by Crippen LogP contribution is 2.40. The Bertz CT molecular complexity index is 1020. The lowest BCUT2D eigenvalue weighted by Crippen LogP contribution is -2.51. The number of anilines is 3. The quantitative estimate of drug-likeness (QED) is 0.520. The van der Waals surface area contributed by atoms with Crippen LogP contribution < -0.4 is 15.4 Å². The molecule has 0 amide bonds. The number of hydrogen-bond donors (Lipinski definition) is 0. The Morgan fingerprint density at radius 3 is 2.73 bits per heavy atom. The summed E-state index contributed by atoms with van der Waals surface area (Å²) in [6, 6.07) is 0.340. The number of nitrogens with zero attached hydrogens (tertiary/aromatic N) is 5. The van der Waals surface area contributed by atoms with E-state index >= 15 is 0 Å². The number of fused-ring (bicyclic) bond motifs is 1. The molecule has 0 bridgehead atoms. The fraction of sp³-hybridized carbons (Fsp3) is 0.500. The molecule has 2 aliphatic heterocycles. The Morgan fingerprint density at radius 2 is 2.07 bits per heavy atom. The van der Waals surface area contributed by atoms with E-state index in [1.807, 2.05) is 0 Å². The first-order chi connectivity index (χ1) is 14.2. The van der Waals surface area contributed by atoms with E-state index in [9.17, 15) is 22.4 Å². The summed E-state index contributed by atoms with van der Waals surface area (Å²) in [4.78, 5) is 23.2. The molecule has 2 atom stereocenters. The van der Waals surface area contributed by atoms with Crippen molar-refractivity contribution in [1.82, 2.24) is 14.5 Å². The Hall–Kier alpha value is -2.40. The number of halogens is 5. The van der Waals surface area contributed by atoms with Gasteiger partial charge in [-0.3, -0.25) is 14.3 Å². The second kappa shape index (κ2) is 7.69. The minimum absolute atomic E-state index is 0.0166. The van der Waals surface area contributed by atoms with Gasteiger partial charge in [-0.05, 0) is 25.5 Å². The van der Waals surface area contributed by atoms with Crippen LogP contribution in [-0.4, -0.2) is 52.6 Å². The summed E-state index contributed by atoms with van der Waals surface area (Å²) >= 11 is 5.89. The lowest BCUT2D eigenvalue weighted by Gasteiger charge is -2.40. The summed E-state index contributed by atoms with van der Waals surface area (Å²) in [5.74, 6) is -1.66. The maximum absolute atomic E-state index is 14.9. The summed E-state index contributed by atoms with van der Waals surface area (Å²) in [5, 5.41) is -0.0166. The summed E-state index contributed by atoms with van der Waals surface area (Å²) in [6.07, 6.45) is -3.79. The second-order valence-electron chi connectivity index (χ2n) is 7.18. The topological polar surface area (TPSA) is 63.5 Å². The van der Waals surface area contributed by atoms with Crippen molar-refractivity contribution in [2.45, 2.75) is 38.1 Å². The molecule has 0 N–H and O–H groups in total. The molecule has 7 nitrogen and oxygen atoms in total. The van der Waals surface area contributed by atoms with Gasteiger partial charge in [0.05, 0.1) is 19.3 Å². The standard InChI is InChI=1S/C18H18ClF4N5O2/c1-10-9-30-7-6-26(10)15-14(20)16(29)27-5-3-12(18(21,22)23)28(17(27)25-15)11-2-4-24-13(19)8-11/h2,4,8,10,12H,3,5-7,9H2,1H3/t10-,12+/m1/s1. The fourth-order valence-electron chi connectivity index (χ4n) is 3.79. The molecule has 1 saturated heterocycles. The van der Waals surface area contributed by atoms with Crippen molar-refractivity contribution in [3.8, 4) is 0 Å². The predicted molar refractivity (Wildman–Crippen MR) is 102 cm³/mol. The van der Waals surface area contributed by atoms with Gasteiger partial charge in [-0.1, -0.05) is 11.6 Å². The minimum Gasteiger partial charge on any atom is -0.377 e. The monoisotopic (exact) mass is 447 g/mol. The maximum atomic E-state index is 14.9. The van der Waals surface area contributed by atoms with Crippen molar-refractivity contribution in [1.29, 1.82) is 0 Å². The van der Waals surface area contributed by atoms with Crippen molar-refractivity contribution in [3.63, 3.8) is 0 Å². The summed E-state index contributed by atoms with van der Waals surface area (Å²) in [7, 11) is 0. The molecule has 2 aromatic heterocycles. The molecular weight excluding hydrogens is 430 g/mol. The Labute approximate surface area is 173 Å². The van der Waals surface area contributed by atoms with E-state index < -0.39 is 30.0 Å². The van der Waals surface area contributed by atoms with Gasteiger partial charge in [0.25, 0.3) is 5.56 Å². The Morgan fingerprint density at radius 1 is 1.30 bits per heavy atom. The van der Waals surface area contributed by atoms with E-state index in [0.717, 1.165) is 9.47 Å². The molecule has 0 saturated carbocycles. The van der Waals surface area contributed by atoms with Gasteiger partial charge in [0, 0.05) is 25.0 Å². The molecule has 1 fully saturated rings. The van der Waals surface area contributed by atoms with Crippen LogP contribution in [0, 0.1) is 5.82 Å². The molecule has 2 aliphatic rings. The van der Waals surface area contributed by atoms with Crippen molar-refractivity contribution >= 4 is 29.1 Å². The summed E-state index contributed by atoms with van der Waals surface area (Å²) in [5.41, 5.74) is -0.954. The van der Waals surface area contributed by atoms with Gasteiger partial charge in [0.1, 0.15) is 11.2 Å². The number of morpholine rings is 1. The maximum Gasteiger partial charge on any atom is 0.409 e. The van der Waals surface area contributed by atoms with Crippen LogP contribution in [0.2, 0.25) is 5.15 Å². The highest BCUT2D eigenvalue weighted by atomic mass is 35.5. The summed E-state index contributed by atoms with van der Waals surface area (Å²) in [6.45, 7) is 2.29. The zero-order chi connectivity index (χ0) is 21.6. The van der Waals surface area contributed by atoms with Crippen LogP contribution >= 0.6 is 11.6 Å². The van der Waals surface area contributed by atoms with E-state index in [1.165, 1.54) is 23.2 Å². The third-order valence-electron chi connectivity index (χ3n) is 5.24. The van der Waals surface area contributed by atoms with Gasteiger partial charge in [0.15, 0.2) is 5.82 Å². The summed E-state index contributed by atoms with van der Waals surface area (Å²) < 4.78 is 62.8. The van der Waals surface area contributed by atoms with E-state index in [-0.39, 0.29) is 48.3 Å². The molecule has 0 spiro atoms. The largest absolute Gasteiger partial charge is 0.409 e. The molecular formula is C18H18ClF4N5O2. The van der Waals surface area contributed by atoms with Crippen LogP contribution in [0.5, 0.6) is 0 Å². The Balaban J connectivity index is 1.92. The van der Waals surface area contributed by atoms with Crippen LogP contribution in [0.25, 0.3) is 0 Å². The van der Waals surface area contributed by atoms with Gasteiger partial charge in [0.2, 0.25) is 11.8 Å². The molecule has 4 rings (SSSR count). The van der Waals surface area contributed by atoms with Gasteiger partial charge in [-0.15, -0.1) is 0 Å². The van der Waals surface area contributed by atoms with E-state index in [1.54, 1.807) is 6.92 Å². The van der Waals surface area contributed by atoms with Gasteiger partial charge >= 0.3 is 6.18 Å². The Kier molecular flexibility index (Phi) is 5.35. The van der Waals surface area contributed by atoms with Gasteiger partial charge < -0.3 is 9.64 Å². The first-order valence-electron chi connectivity index (χ1n) is 9.30. The number of alkyl halides is 3. The average Bonchev–Trinajstić information content (AvgIpc) is 2.69. The smallest absolute Gasteiger partial charge is 0.377 e. The predicted octanol–water partition coefficient (Wildman–Crippen LogP) is 3.13. The fourth-order valence-corrected chi connectivity index (χ4v) is 3.96. The third kappa shape index (κ3) is 3.60. The minimum atomic E-state index is -4.61. The van der Waals surface area contributed by atoms with Crippen LogP contribution in [0.1, 0.15) is 13.3 Å². The van der Waals surface area contributed by atoms with Gasteiger partial charge in [-0.25, -0.2) is 4.98 Å². The molecule has 0 unspecified atom stereocenters. The van der Waals surface area contributed by atoms with Crippen molar-refractivity contribution in [2.24, 2.45) is 0 Å². The van der Waals surface area contributed by atoms with Gasteiger partial charge in [-0.2, -0.15) is 22.5 Å².